The van der Waals surface area contributed by atoms with Crippen molar-refractivity contribution in [3.05, 3.63) is 29.8 Å². The van der Waals surface area contributed by atoms with Crippen molar-refractivity contribution in [3.63, 3.8) is 0 Å². The first kappa shape index (κ1) is 8.43. The Labute approximate surface area is 77.2 Å². The van der Waals surface area contributed by atoms with Gasteiger partial charge in [0.05, 0.1) is 0 Å². The summed E-state index contributed by atoms with van der Waals surface area (Å²) < 4.78 is 0.388. The number of thiocarbonyl (C=S) groups is 1. The molecule has 0 aliphatic heterocycles. The van der Waals surface area contributed by atoms with E-state index in [0.717, 1.165) is 11.3 Å². The molecular formula is C8H8NS2-. The molecule has 0 bridgehead atoms. The Kier molecular flexibility index (Phi) is 2.79. The van der Waals surface area contributed by atoms with Gasteiger partial charge in [-0.1, -0.05) is 22.5 Å². The van der Waals surface area contributed by atoms with Gasteiger partial charge < -0.3 is 30.2 Å². The normalized spacial score (nSPS) is 9.18. The van der Waals surface area contributed by atoms with Crippen molar-refractivity contribution in [2.24, 2.45) is 0 Å². The van der Waals surface area contributed by atoms with E-state index in [1.807, 2.05) is 31.2 Å². The monoisotopic (exact) mass is 182 g/mol. The standard InChI is InChI=1S/C8H9NS2/c1-6-4-2-3-5-7(6)9-8(10)11/h2-5H,1H3,(H2,9,10,11)/p-1. The molecule has 0 fully saturated rings. The topological polar surface area (TPSA) is 12.0 Å². The predicted octanol–water partition coefficient (Wildman–Crippen LogP) is 2.24. The Bertz CT molecular complexity index is 271. The number of rotatable bonds is 1. The fourth-order valence-corrected chi connectivity index (χ4v) is 1.04. The Morgan fingerprint density at radius 1 is 1.45 bits per heavy atom. The quantitative estimate of drug-likeness (QED) is 0.528. The van der Waals surface area contributed by atoms with Gasteiger partial charge >= 0.3 is 0 Å². The first-order valence-electron chi connectivity index (χ1n) is 3.24. The first-order valence-corrected chi connectivity index (χ1v) is 4.05. The number of hydrogen-bond donors (Lipinski definition) is 1. The van der Waals surface area contributed by atoms with Crippen LogP contribution in [0, 0.1) is 6.92 Å². The molecule has 1 aromatic rings. The van der Waals surface area contributed by atoms with Gasteiger partial charge in [0, 0.05) is 5.69 Å². The van der Waals surface area contributed by atoms with E-state index in [1.165, 1.54) is 0 Å². The van der Waals surface area contributed by atoms with Crippen molar-refractivity contribution in [2.75, 3.05) is 5.32 Å². The van der Waals surface area contributed by atoms with E-state index in [0.29, 0.717) is 4.32 Å². The molecule has 0 saturated heterocycles. The van der Waals surface area contributed by atoms with Gasteiger partial charge in [-0.3, -0.25) is 0 Å². The lowest BCUT2D eigenvalue weighted by molar-refractivity contribution is 1.46. The fourth-order valence-electron chi connectivity index (χ4n) is 0.823. The molecule has 0 atom stereocenters. The van der Waals surface area contributed by atoms with Gasteiger partial charge in [0.1, 0.15) is 0 Å². The van der Waals surface area contributed by atoms with Crippen molar-refractivity contribution in [1.82, 2.24) is 0 Å². The summed E-state index contributed by atoms with van der Waals surface area (Å²) in [5.41, 5.74) is 2.15. The van der Waals surface area contributed by atoms with Gasteiger partial charge in [-0.15, -0.1) is 0 Å². The maximum atomic E-state index is 4.74. The number of para-hydroxylation sites is 1. The van der Waals surface area contributed by atoms with E-state index in [1.54, 1.807) is 0 Å². The summed E-state index contributed by atoms with van der Waals surface area (Å²) in [5, 5.41) is 2.92. The number of hydrogen-bond acceptors (Lipinski definition) is 2. The van der Waals surface area contributed by atoms with Crippen LogP contribution >= 0.6 is 12.2 Å². The molecule has 58 valence electrons. The lowest BCUT2D eigenvalue weighted by Gasteiger charge is -2.11. The molecule has 0 aliphatic carbocycles. The second-order valence-electron chi connectivity index (χ2n) is 2.23. The minimum Gasteiger partial charge on any atom is -0.411 e. The van der Waals surface area contributed by atoms with E-state index in [4.69, 9.17) is 24.8 Å². The molecule has 0 amide bonds. The van der Waals surface area contributed by atoms with Crippen molar-refractivity contribution in [1.29, 1.82) is 0 Å². The summed E-state index contributed by atoms with van der Waals surface area (Å²) in [4.78, 5) is 0. The largest absolute Gasteiger partial charge is 0.411 e. The average molecular weight is 182 g/mol. The molecular weight excluding hydrogens is 174 g/mol. The zero-order chi connectivity index (χ0) is 8.27. The van der Waals surface area contributed by atoms with Crippen LogP contribution in [0.3, 0.4) is 0 Å². The number of aryl methyl sites for hydroxylation is 1. The van der Waals surface area contributed by atoms with Crippen molar-refractivity contribution in [3.8, 4) is 0 Å². The van der Waals surface area contributed by atoms with E-state index in [2.05, 4.69) is 5.32 Å². The third-order valence-electron chi connectivity index (χ3n) is 1.38. The molecule has 0 heterocycles. The molecule has 0 unspecified atom stereocenters. The van der Waals surface area contributed by atoms with E-state index in [-0.39, 0.29) is 0 Å². The lowest BCUT2D eigenvalue weighted by Crippen LogP contribution is -2.05. The smallest absolute Gasteiger partial charge is 0.0401 e. The van der Waals surface area contributed by atoms with E-state index >= 15 is 0 Å². The van der Waals surface area contributed by atoms with Crippen molar-refractivity contribution in [2.45, 2.75) is 6.92 Å². The van der Waals surface area contributed by atoms with Crippen LogP contribution in [0.4, 0.5) is 5.69 Å². The van der Waals surface area contributed by atoms with Gasteiger partial charge in [-0.05, 0) is 18.6 Å². The number of benzene rings is 1. The van der Waals surface area contributed by atoms with Crippen LogP contribution in [-0.4, -0.2) is 4.32 Å². The summed E-state index contributed by atoms with van der Waals surface area (Å²) in [7, 11) is 0. The third kappa shape index (κ3) is 2.44. The van der Waals surface area contributed by atoms with Crippen LogP contribution in [0.5, 0.6) is 0 Å². The van der Waals surface area contributed by atoms with Crippen molar-refractivity contribution >= 4 is 34.9 Å². The lowest BCUT2D eigenvalue weighted by atomic mass is 10.2. The van der Waals surface area contributed by atoms with Crippen LogP contribution < -0.4 is 5.32 Å². The van der Waals surface area contributed by atoms with Gasteiger partial charge in [0.25, 0.3) is 0 Å². The molecule has 1 aromatic carbocycles. The summed E-state index contributed by atoms with van der Waals surface area (Å²) in [6.07, 6.45) is 0. The molecule has 0 saturated carbocycles. The summed E-state index contributed by atoms with van der Waals surface area (Å²) in [5.74, 6) is 0. The molecule has 1 N–H and O–H groups in total. The zero-order valence-electron chi connectivity index (χ0n) is 6.13. The molecule has 0 aliphatic rings. The van der Waals surface area contributed by atoms with Gasteiger partial charge in [0.2, 0.25) is 0 Å². The predicted molar refractivity (Wildman–Crippen MR) is 54.8 cm³/mol. The van der Waals surface area contributed by atoms with Gasteiger partial charge in [0.15, 0.2) is 0 Å². The Hall–Kier alpha value is -0.670. The Morgan fingerprint density at radius 2 is 2.09 bits per heavy atom. The molecule has 0 aromatic heterocycles. The second-order valence-corrected chi connectivity index (χ2v) is 3.30. The molecule has 1 nitrogen and oxygen atoms in total. The van der Waals surface area contributed by atoms with Crippen LogP contribution in [0.25, 0.3) is 0 Å². The Balaban J connectivity index is 2.86. The molecule has 0 spiro atoms. The van der Waals surface area contributed by atoms with Crippen LogP contribution in [0.2, 0.25) is 0 Å². The number of nitrogens with one attached hydrogen (secondary N) is 1. The maximum Gasteiger partial charge on any atom is 0.0401 e. The molecule has 11 heavy (non-hydrogen) atoms. The molecule has 0 radical (unpaired) electrons. The highest BCUT2D eigenvalue weighted by molar-refractivity contribution is 8.00. The average Bonchev–Trinajstić information content (AvgIpc) is 1.93. The SMILES string of the molecule is Cc1ccccc1NC(=S)[S-]. The summed E-state index contributed by atoms with van der Waals surface area (Å²) in [6, 6.07) is 7.89. The second kappa shape index (κ2) is 3.64. The third-order valence-corrected chi connectivity index (χ3v) is 1.59. The van der Waals surface area contributed by atoms with Crippen LogP contribution in [0.1, 0.15) is 5.56 Å². The van der Waals surface area contributed by atoms with E-state index in [9.17, 15) is 0 Å². The Morgan fingerprint density at radius 3 is 2.64 bits per heavy atom. The van der Waals surface area contributed by atoms with E-state index < -0.39 is 0 Å². The highest BCUT2D eigenvalue weighted by Gasteiger charge is 1.91. The molecule has 3 heteroatoms. The highest BCUT2D eigenvalue weighted by atomic mass is 32.1. The fraction of sp³-hybridized carbons (Fsp3) is 0.125. The van der Waals surface area contributed by atoms with Gasteiger partial charge in [-0.2, -0.15) is 0 Å². The minimum atomic E-state index is 0.388. The summed E-state index contributed by atoms with van der Waals surface area (Å²) in [6.45, 7) is 2.01. The first-order chi connectivity index (χ1) is 5.20. The zero-order valence-corrected chi connectivity index (χ0v) is 7.76. The summed E-state index contributed by atoms with van der Waals surface area (Å²) >= 11 is 9.48. The number of anilines is 1. The minimum absolute atomic E-state index is 0.388. The molecule has 1 rings (SSSR count). The highest BCUT2D eigenvalue weighted by Crippen LogP contribution is 2.12. The van der Waals surface area contributed by atoms with Crippen LogP contribution in [0.15, 0.2) is 24.3 Å². The van der Waals surface area contributed by atoms with Crippen LogP contribution in [-0.2, 0) is 12.6 Å². The van der Waals surface area contributed by atoms with Gasteiger partial charge in [-0.25, -0.2) is 0 Å². The maximum absolute atomic E-state index is 4.74. The van der Waals surface area contributed by atoms with Crippen molar-refractivity contribution < 1.29 is 0 Å².